The highest BCUT2D eigenvalue weighted by molar-refractivity contribution is 7.13. The number of hydrogen-bond donors (Lipinski definition) is 1. The second kappa shape index (κ2) is 6.12. The second-order valence-corrected chi connectivity index (χ2v) is 4.87. The van der Waals surface area contributed by atoms with Gasteiger partial charge >= 0.3 is 5.00 Å². The van der Waals surface area contributed by atoms with Crippen molar-refractivity contribution in [1.29, 1.82) is 0 Å². The second-order valence-electron chi connectivity index (χ2n) is 3.98. The summed E-state index contributed by atoms with van der Waals surface area (Å²) in [5, 5.41) is 15.3. The lowest BCUT2D eigenvalue weighted by atomic mass is 10.2. The number of piperazine rings is 1. The van der Waals surface area contributed by atoms with E-state index in [0.717, 1.165) is 24.4 Å². The summed E-state index contributed by atoms with van der Waals surface area (Å²) in [5.41, 5.74) is 0.412. The zero-order valence-corrected chi connectivity index (χ0v) is 11.4. The summed E-state index contributed by atoms with van der Waals surface area (Å²) in [4.78, 5) is 24.0. The van der Waals surface area contributed by atoms with E-state index in [1.807, 2.05) is 6.92 Å². The molecule has 0 aromatic carbocycles. The summed E-state index contributed by atoms with van der Waals surface area (Å²) in [6.45, 7) is 4.13. The van der Waals surface area contributed by atoms with E-state index in [0.29, 0.717) is 12.1 Å². The third-order valence-electron chi connectivity index (χ3n) is 2.77. The third kappa shape index (κ3) is 2.98. The van der Waals surface area contributed by atoms with Crippen LogP contribution in [0.25, 0.3) is 0 Å². The van der Waals surface area contributed by atoms with Gasteiger partial charge in [-0.3, -0.25) is 14.9 Å². The van der Waals surface area contributed by atoms with Crippen molar-refractivity contribution in [2.24, 2.45) is 0 Å². The molecule has 1 aromatic heterocycles. The molecule has 1 aliphatic rings. The van der Waals surface area contributed by atoms with E-state index in [9.17, 15) is 14.9 Å². The molecule has 2 rings (SSSR count). The third-order valence-corrected chi connectivity index (χ3v) is 3.65. The molecule has 1 saturated heterocycles. The van der Waals surface area contributed by atoms with E-state index >= 15 is 0 Å². The standard InChI is InChI=1S/C10H13N3O3S.ClH/c1-7-5-11-2-3-12(7)10(14)8-4-9(13(15)16)17-6-8;/h4,6-7,11H,2-3,5H2,1H3;1H. The molecule has 2 heterocycles. The van der Waals surface area contributed by atoms with Gasteiger partial charge in [0.25, 0.3) is 5.91 Å². The fourth-order valence-corrected chi connectivity index (χ4v) is 2.54. The number of nitro groups is 1. The SMILES string of the molecule is CC1CNCCN1C(=O)c1csc([N+](=O)[O-])c1.Cl. The molecule has 100 valence electrons. The average Bonchev–Trinajstić information content (AvgIpc) is 2.78. The van der Waals surface area contributed by atoms with Crippen LogP contribution in [0.2, 0.25) is 0 Å². The molecule has 1 aromatic rings. The van der Waals surface area contributed by atoms with Crippen LogP contribution in [0.15, 0.2) is 11.4 Å². The molecule has 0 saturated carbocycles. The minimum absolute atomic E-state index is 0. The highest BCUT2D eigenvalue weighted by atomic mass is 35.5. The molecule has 0 aliphatic carbocycles. The number of thiophene rings is 1. The zero-order chi connectivity index (χ0) is 12.4. The molecule has 18 heavy (non-hydrogen) atoms. The van der Waals surface area contributed by atoms with Crippen LogP contribution in [-0.4, -0.2) is 41.4 Å². The first-order valence-electron chi connectivity index (χ1n) is 5.34. The minimum atomic E-state index is -0.470. The molecule has 1 unspecified atom stereocenters. The molecule has 1 fully saturated rings. The Labute approximate surface area is 115 Å². The highest BCUT2D eigenvalue weighted by Gasteiger charge is 2.25. The van der Waals surface area contributed by atoms with Crippen LogP contribution >= 0.6 is 23.7 Å². The summed E-state index contributed by atoms with van der Waals surface area (Å²) in [6, 6.07) is 1.47. The number of halogens is 1. The van der Waals surface area contributed by atoms with Crippen LogP contribution in [0.3, 0.4) is 0 Å². The van der Waals surface area contributed by atoms with Gasteiger partial charge in [0.2, 0.25) is 0 Å². The summed E-state index contributed by atoms with van der Waals surface area (Å²) in [5.74, 6) is -0.122. The van der Waals surface area contributed by atoms with Crippen molar-refractivity contribution >= 4 is 34.7 Å². The number of amides is 1. The van der Waals surface area contributed by atoms with Gasteiger partial charge in [0.1, 0.15) is 0 Å². The predicted molar refractivity (Wildman–Crippen MR) is 71.6 cm³/mol. The number of carbonyl (C=O) groups is 1. The van der Waals surface area contributed by atoms with Gasteiger partial charge in [0, 0.05) is 37.1 Å². The van der Waals surface area contributed by atoms with E-state index in [-0.39, 0.29) is 29.4 Å². The van der Waals surface area contributed by atoms with Crippen LogP contribution in [0, 0.1) is 10.1 Å². The average molecular weight is 292 g/mol. The largest absolute Gasteiger partial charge is 0.333 e. The first kappa shape index (κ1) is 14.9. The maximum absolute atomic E-state index is 12.1. The van der Waals surface area contributed by atoms with Crippen LogP contribution in [0.5, 0.6) is 0 Å². The quantitative estimate of drug-likeness (QED) is 0.662. The lowest BCUT2D eigenvalue weighted by Gasteiger charge is -2.33. The minimum Gasteiger partial charge on any atom is -0.333 e. The molecule has 8 heteroatoms. The van der Waals surface area contributed by atoms with Crippen molar-refractivity contribution < 1.29 is 9.72 Å². The van der Waals surface area contributed by atoms with Crippen molar-refractivity contribution in [3.63, 3.8) is 0 Å². The number of carbonyl (C=O) groups excluding carboxylic acids is 1. The topological polar surface area (TPSA) is 75.5 Å². The lowest BCUT2D eigenvalue weighted by molar-refractivity contribution is -0.380. The molecule has 1 atom stereocenters. The first-order valence-corrected chi connectivity index (χ1v) is 6.22. The first-order chi connectivity index (χ1) is 8.09. The molecule has 1 N–H and O–H groups in total. The summed E-state index contributed by atoms with van der Waals surface area (Å²) >= 11 is 0.989. The summed E-state index contributed by atoms with van der Waals surface area (Å²) in [7, 11) is 0. The van der Waals surface area contributed by atoms with Crippen molar-refractivity contribution in [2.45, 2.75) is 13.0 Å². The Morgan fingerprint density at radius 3 is 2.94 bits per heavy atom. The fourth-order valence-electron chi connectivity index (χ4n) is 1.84. The number of nitrogens with one attached hydrogen (secondary N) is 1. The molecule has 6 nitrogen and oxygen atoms in total. The van der Waals surface area contributed by atoms with Crippen molar-refractivity contribution in [1.82, 2.24) is 10.2 Å². The van der Waals surface area contributed by atoms with Crippen LogP contribution in [0.1, 0.15) is 17.3 Å². The Balaban J connectivity index is 0.00000162. The van der Waals surface area contributed by atoms with E-state index in [1.165, 1.54) is 6.07 Å². The molecule has 0 spiro atoms. The van der Waals surface area contributed by atoms with Gasteiger partial charge in [-0.15, -0.1) is 12.4 Å². The predicted octanol–water partition coefficient (Wildman–Crippen LogP) is 1.51. The molecular weight excluding hydrogens is 278 g/mol. The molecule has 1 amide bonds. The van der Waals surface area contributed by atoms with Crippen LogP contribution in [0.4, 0.5) is 5.00 Å². The van der Waals surface area contributed by atoms with Crippen LogP contribution in [-0.2, 0) is 0 Å². The van der Waals surface area contributed by atoms with Crippen LogP contribution < -0.4 is 5.32 Å². The molecule has 0 bridgehead atoms. The summed E-state index contributed by atoms with van der Waals surface area (Å²) < 4.78 is 0. The van der Waals surface area contributed by atoms with E-state index in [4.69, 9.17) is 0 Å². The van der Waals surface area contributed by atoms with Gasteiger partial charge in [-0.25, -0.2) is 0 Å². The smallest absolute Gasteiger partial charge is 0.324 e. The summed E-state index contributed by atoms with van der Waals surface area (Å²) in [6.07, 6.45) is 0. The monoisotopic (exact) mass is 291 g/mol. The zero-order valence-electron chi connectivity index (χ0n) is 9.79. The van der Waals surface area contributed by atoms with Gasteiger partial charge < -0.3 is 10.2 Å². The molecule has 0 radical (unpaired) electrons. The fraction of sp³-hybridized carbons (Fsp3) is 0.500. The Morgan fingerprint density at radius 1 is 1.67 bits per heavy atom. The maximum atomic E-state index is 12.1. The Hall–Kier alpha value is -1.18. The van der Waals surface area contributed by atoms with Gasteiger partial charge in [0.15, 0.2) is 0 Å². The number of nitrogens with zero attached hydrogens (tertiary/aromatic N) is 2. The van der Waals surface area contributed by atoms with Gasteiger partial charge in [-0.2, -0.15) is 0 Å². The number of hydrogen-bond acceptors (Lipinski definition) is 5. The van der Waals surface area contributed by atoms with Crippen molar-refractivity contribution in [3.8, 4) is 0 Å². The lowest BCUT2D eigenvalue weighted by Crippen LogP contribution is -2.52. The highest BCUT2D eigenvalue weighted by Crippen LogP contribution is 2.24. The van der Waals surface area contributed by atoms with Crippen molar-refractivity contribution in [2.75, 3.05) is 19.6 Å². The maximum Gasteiger partial charge on any atom is 0.324 e. The van der Waals surface area contributed by atoms with Gasteiger partial charge in [-0.1, -0.05) is 11.3 Å². The van der Waals surface area contributed by atoms with Gasteiger partial charge in [0.05, 0.1) is 10.5 Å². The Bertz CT molecular complexity index is 451. The molecular formula is C10H14ClN3O3S. The van der Waals surface area contributed by atoms with E-state index in [1.54, 1.807) is 10.3 Å². The van der Waals surface area contributed by atoms with E-state index < -0.39 is 4.92 Å². The normalized spacial score (nSPS) is 19.2. The van der Waals surface area contributed by atoms with E-state index in [2.05, 4.69) is 5.32 Å². The Kier molecular flexibility index (Phi) is 5.06. The molecule has 1 aliphatic heterocycles. The Morgan fingerprint density at radius 2 is 2.39 bits per heavy atom. The number of rotatable bonds is 2. The van der Waals surface area contributed by atoms with Gasteiger partial charge in [-0.05, 0) is 6.92 Å². The van der Waals surface area contributed by atoms with Crippen molar-refractivity contribution in [3.05, 3.63) is 27.1 Å².